The zero-order valence-corrected chi connectivity index (χ0v) is 10.8. The predicted molar refractivity (Wildman–Crippen MR) is 68.4 cm³/mol. The number of hydrogen-bond donors (Lipinski definition) is 4. The maximum absolute atomic E-state index is 11.8. The van der Waals surface area contributed by atoms with E-state index in [9.17, 15) is 4.79 Å². The molecule has 19 heavy (non-hydrogen) atoms. The molecule has 0 bridgehead atoms. The zero-order chi connectivity index (χ0) is 13.8. The fourth-order valence-electron chi connectivity index (χ4n) is 1.39. The zero-order valence-electron chi connectivity index (χ0n) is 10.8. The molecule has 0 radical (unpaired) electrons. The van der Waals surface area contributed by atoms with Crippen molar-refractivity contribution in [2.45, 2.75) is 31.8 Å². The molecule has 5 N–H and O–H groups in total. The fourth-order valence-corrected chi connectivity index (χ4v) is 1.39. The summed E-state index contributed by atoms with van der Waals surface area (Å²) >= 11 is 0. The maximum Gasteiger partial charge on any atom is 0.322 e. The molecule has 1 unspecified atom stereocenters. The molecular formula is C10H17N7O2. The van der Waals surface area contributed by atoms with Gasteiger partial charge in [0.15, 0.2) is 0 Å². The smallest absolute Gasteiger partial charge is 0.322 e. The van der Waals surface area contributed by atoms with Gasteiger partial charge in [0.1, 0.15) is 6.04 Å². The summed E-state index contributed by atoms with van der Waals surface area (Å²) in [5, 5.41) is 5.76. The van der Waals surface area contributed by atoms with Gasteiger partial charge >= 0.3 is 6.01 Å². The number of nitrogens with zero attached hydrogens (tertiary/aromatic N) is 3. The number of nitrogens with one attached hydrogen (secondary N) is 3. The lowest BCUT2D eigenvalue weighted by atomic mass is 10.3. The quantitative estimate of drug-likeness (QED) is 0.391. The van der Waals surface area contributed by atoms with Gasteiger partial charge in [-0.25, -0.2) is 5.84 Å². The van der Waals surface area contributed by atoms with Gasteiger partial charge in [-0.15, -0.1) is 0 Å². The summed E-state index contributed by atoms with van der Waals surface area (Å²) in [6.07, 6.45) is 2.08. The number of hydrogen-bond acceptors (Lipinski definition) is 8. The number of aromatic nitrogens is 3. The number of carbonyl (C=O) groups excluding carboxylic acids is 1. The molecule has 0 saturated heterocycles. The lowest BCUT2D eigenvalue weighted by Gasteiger charge is -2.14. The molecule has 1 aromatic rings. The van der Waals surface area contributed by atoms with Gasteiger partial charge in [0.2, 0.25) is 17.8 Å². The first-order valence-corrected chi connectivity index (χ1v) is 5.96. The first-order valence-electron chi connectivity index (χ1n) is 5.96. The van der Waals surface area contributed by atoms with E-state index < -0.39 is 6.04 Å². The van der Waals surface area contributed by atoms with Crippen molar-refractivity contribution in [1.82, 2.24) is 20.3 Å². The van der Waals surface area contributed by atoms with E-state index in [1.165, 1.54) is 7.11 Å². The van der Waals surface area contributed by atoms with E-state index in [1.807, 2.05) is 0 Å². The van der Waals surface area contributed by atoms with E-state index in [1.54, 1.807) is 6.92 Å². The summed E-state index contributed by atoms with van der Waals surface area (Å²) in [5.41, 5.74) is 2.30. The molecule has 0 spiro atoms. The highest BCUT2D eigenvalue weighted by Crippen LogP contribution is 2.19. The number of ether oxygens (including phenoxy) is 1. The van der Waals surface area contributed by atoms with Gasteiger partial charge in [-0.2, -0.15) is 15.0 Å². The lowest BCUT2D eigenvalue weighted by Crippen LogP contribution is -2.39. The maximum atomic E-state index is 11.8. The monoisotopic (exact) mass is 267 g/mol. The van der Waals surface area contributed by atoms with Crippen molar-refractivity contribution in [1.29, 1.82) is 0 Å². The van der Waals surface area contributed by atoms with Crippen molar-refractivity contribution < 1.29 is 9.53 Å². The second-order valence-electron chi connectivity index (χ2n) is 4.26. The third-order valence-electron chi connectivity index (χ3n) is 2.59. The molecule has 1 aromatic heterocycles. The largest absolute Gasteiger partial charge is 0.467 e. The number of anilines is 2. The molecule has 1 aliphatic rings. The van der Waals surface area contributed by atoms with Gasteiger partial charge in [-0.05, 0) is 19.8 Å². The van der Waals surface area contributed by atoms with E-state index in [-0.39, 0.29) is 23.8 Å². The normalized spacial score (nSPS) is 15.5. The van der Waals surface area contributed by atoms with Crippen LogP contribution in [-0.4, -0.2) is 40.1 Å². The van der Waals surface area contributed by atoms with Crippen molar-refractivity contribution >= 4 is 17.8 Å². The van der Waals surface area contributed by atoms with Crippen LogP contribution in [0.2, 0.25) is 0 Å². The average molecular weight is 267 g/mol. The number of rotatable bonds is 6. The minimum atomic E-state index is -0.460. The van der Waals surface area contributed by atoms with Gasteiger partial charge in [0.25, 0.3) is 0 Å². The lowest BCUT2D eigenvalue weighted by molar-refractivity contribution is -0.121. The summed E-state index contributed by atoms with van der Waals surface area (Å²) in [5.74, 6) is 5.53. The molecule has 0 aliphatic heterocycles. The molecule has 1 aliphatic carbocycles. The number of hydrazine groups is 1. The van der Waals surface area contributed by atoms with E-state index in [0.717, 1.165) is 12.8 Å². The highest BCUT2D eigenvalue weighted by Gasteiger charge is 2.26. The number of methoxy groups -OCH3 is 1. The van der Waals surface area contributed by atoms with Crippen molar-refractivity contribution in [3.8, 4) is 6.01 Å². The Labute approximate surface area is 110 Å². The molecule has 9 nitrogen and oxygen atoms in total. The molecule has 2 rings (SSSR count). The average Bonchev–Trinajstić information content (AvgIpc) is 3.21. The Bertz CT molecular complexity index is 441. The summed E-state index contributed by atoms with van der Waals surface area (Å²) in [4.78, 5) is 23.6. The Morgan fingerprint density at radius 1 is 1.37 bits per heavy atom. The van der Waals surface area contributed by atoms with Crippen LogP contribution < -0.4 is 26.6 Å². The topological polar surface area (TPSA) is 127 Å². The summed E-state index contributed by atoms with van der Waals surface area (Å²) in [6, 6.07) is -0.0375. The van der Waals surface area contributed by atoms with Crippen LogP contribution in [0.4, 0.5) is 11.9 Å². The van der Waals surface area contributed by atoms with Crippen molar-refractivity contribution in [3.05, 3.63) is 0 Å². The SMILES string of the molecule is COc1nc(NN)nc(NC(C)C(=O)NC2CC2)n1. The predicted octanol–water partition coefficient (Wildman–Crippen LogP) is -0.755. The van der Waals surface area contributed by atoms with Crippen molar-refractivity contribution in [2.75, 3.05) is 17.9 Å². The van der Waals surface area contributed by atoms with Gasteiger partial charge in [-0.3, -0.25) is 10.2 Å². The van der Waals surface area contributed by atoms with Crippen LogP contribution >= 0.6 is 0 Å². The number of amides is 1. The highest BCUT2D eigenvalue weighted by atomic mass is 16.5. The van der Waals surface area contributed by atoms with E-state index in [0.29, 0.717) is 6.04 Å². The van der Waals surface area contributed by atoms with E-state index >= 15 is 0 Å². The Hall–Kier alpha value is -2.16. The third-order valence-corrected chi connectivity index (χ3v) is 2.59. The second-order valence-corrected chi connectivity index (χ2v) is 4.26. The Morgan fingerprint density at radius 3 is 2.63 bits per heavy atom. The van der Waals surface area contributed by atoms with Crippen LogP contribution in [0.5, 0.6) is 6.01 Å². The number of carbonyl (C=O) groups is 1. The van der Waals surface area contributed by atoms with Crippen molar-refractivity contribution in [3.63, 3.8) is 0 Å². The molecule has 9 heteroatoms. The van der Waals surface area contributed by atoms with Crippen molar-refractivity contribution in [2.24, 2.45) is 5.84 Å². The Morgan fingerprint density at radius 2 is 2.05 bits per heavy atom. The molecular weight excluding hydrogens is 250 g/mol. The first kappa shape index (κ1) is 13.3. The molecule has 1 atom stereocenters. The molecule has 104 valence electrons. The summed E-state index contributed by atoms with van der Waals surface area (Å²) in [7, 11) is 1.43. The third kappa shape index (κ3) is 3.65. The fraction of sp³-hybridized carbons (Fsp3) is 0.600. The highest BCUT2D eigenvalue weighted by molar-refractivity contribution is 5.84. The van der Waals surface area contributed by atoms with Crippen LogP contribution in [0.3, 0.4) is 0 Å². The number of nitrogens with two attached hydrogens (primary N) is 1. The minimum absolute atomic E-state index is 0.0934. The summed E-state index contributed by atoms with van der Waals surface area (Å²) in [6.45, 7) is 1.73. The van der Waals surface area contributed by atoms with Crippen LogP contribution in [0, 0.1) is 0 Å². The van der Waals surface area contributed by atoms with E-state index in [2.05, 4.69) is 31.0 Å². The molecule has 1 fully saturated rings. The van der Waals surface area contributed by atoms with Crippen LogP contribution in [0.15, 0.2) is 0 Å². The molecule has 0 aromatic carbocycles. The summed E-state index contributed by atoms with van der Waals surface area (Å²) < 4.78 is 4.92. The molecule has 1 saturated carbocycles. The molecule has 1 heterocycles. The minimum Gasteiger partial charge on any atom is -0.467 e. The van der Waals surface area contributed by atoms with Crippen LogP contribution in [0.1, 0.15) is 19.8 Å². The van der Waals surface area contributed by atoms with E-state index in [4.69, 9.17) is 10.6 Å². The Balaban J connectivity index is 2.01. The van der Waals surface area contributed by atoms with Gasteiger partial charge < -0.3 is 15.4 Å². The molecule has 1 amide bonds. The van der Waals surface area contributed by atoms with Crippen LogP contribution in [0.25, 0.3) is 0 Å². The van der Waals surface area contributed by atoms with Crippen LogP contribution in [-0.2, 0) is 4.79 Å². The second kappa shape index (κ2) is 5.65. The Kier molecular flexibility index (Phi) is 3.95. The first-order chi connectivity index (χ1) is 9.12. The van der Waals surface area contributed by atoms with Gasteiger partial charge in [0, 0.05) is 6.04 Å². The number of nitrogen functional groups attached to an aromatic ring is 1. The standard InChI is InChI=1S/C10H17N7O2/c1-5(7(18)13-6-3-4-6)12-8-14-9(17-11)16-10(15-8)19-2/h5-6H,3-4,11H2,1-2H3,(H,13,18)(H2,12,14,15,16,17). The van der Waals surface area contributed by atoms with Gasteiger partial charge in [-0.1, -0.05) is 0 Å². The van der Waals surface area contributed by atoms with Gasteiger partial charge in [0.05, 0.1) is 7.11 Å².